The highest BCUT2D eigenvalue weighted by atomic mass is 19.2. The fourth-order valence-electron chi connectivity index (χ4n) is 2.67. The van der Waals surface area contributed by atoms with E-state index in [0.29, 0.717) is 5.01 Å². The van der Waals surface area contributed by atoms with E-state index >= 15 is 0 Å². The Morgan fingerprint density at radius 2 is 1.86 bits per heavy atom. The van der Waals surface area contributed by atoms with Gasteiger partial charge in [0.2, 0.25) is 6.41 Å². The standard InChI is InChI=1S/C14H17F2N3O2/c1-18(9-4-2-3-5-9)13-7-12(16)11(15)6-10(13)14(21)19(17)8-20/h6-9H,2-5,17H2,1H3. The Balaban J connectivity index is 2.44. The maximum atomic E-state index is 13.5. The van der Waals surface area contributed by atoms with Gasteiger partial charge in [-0.1, -0.05) is 12.8 Å². The van der Waals surface area contributed by atoms with Crippen molar-refractivity contribution in [2.75, 3.05) is 11.9 Å². The minimum Gasteiger partial charge on any atom is -0.371 e. The van der Waals surface area contributed by atoms with E-state index in [-0.39, 0.29) is 23.7 Å². The Morgan fingerprint density at radius 3 is 2.43 bits per heavy atom. The van der Waals surface area contributed by atoms with Gasteiger partial charge in [0, 0.05) is 19.2 Å². The topological polar surface area (TPSA) is 66.6 Å². The second kappa shape index (κ2) is 6.17. The van der Waals surface area contributed by atoms with Crippen LogP contribution in [0.3, 0.4) is 0 Å². The summed E-state index contributed by atoms with van der Waals surface area (Å²) in [6.07, 6.45) is 4.08. The molecule has 1 saturated carbocycles. The first-order valence-electron chi connectivity index (χ1n) is 6.71. The molecule has 0 heterocycles. The van der Waals surface area contributed by atoms with Crippen LogP contribution in [-0.2, 0) is 4.79 Å². The predicted molar refractivity (Wildman–Crippen MR) is 73.4 cm³/mol. The Labute approximate surface area is 121 Å². The molecule has 0 unspecified atom stereocenters. The zero-order valence-electron chi connectivity index (χ0n) is 11.7. The number of anilines is 1. The Morgan fingerprint density at radius 1 is 1.29 bits per heavy atom. The minimum atomic E-state index is -1.15. The quantitative estimate of drug-likeness (QED) is 0.398. The van der Waals surface area contributed by atoms with Gasteiger partial charge in [-0.25, -0.2) is 19.6 Å². The third-order valence-electron chi connectivity index (χ3n) is 3.87. The van der Waals surface area contributed by atoms with Crippen LogP contribution in [0, 0.1) is 11.6 Å². The summed E-state index contributed by atoms with van der Waals surface area (Å²) < 4.78 is 27.0. The molecular weight excluding hydrogens is 280 g/mol. The first-order chi connectivity index (χ1) is 9.95. The lowest BCUT2D eigenvalue weighted by atomic mass is 10.1. The second-order valence-electron chi connectivity index (χ2n) is 5.15. The van der Waals surface area contributed by atoms with Crippen LogP contribution >= 0.6 is 0 Å². The van der Waals surface area contributed by atoms with Gasteiger partial charge in [-0.2, -0.15) is 0 Å². The maximum absolute atomic E-state index is 13.5. The van der Waals surface area contributed by atoms with Gasteiger partial charge in [0.05, 0.1) is 11.3 Å². The third-order valence-corrected chi connectivity index (χ3v) is 3.87. The molecule has 1 aromatic carbocycles. The highest BCUT2D eigenvalue weighted by Crippen LogP contribution is 2.31. The van der Waals surface area contributed by atoms with Gasteiger partial charge in [-0.15, -0.1) is 0 Å². The first-order valence-corrected chi connectivity index (χ1v) is 6.71. The van der Waals surface area contributed by atoms with Crippen molar-refractivity contribution in [3.05, 3.63) is 29.3 Å². The second-order valence-corrected chi connectivity index (χ2v) is 5.15. The highest BCUT2D eigenvalue weighted by molar-refractivity contribution is 6.03. The fourth-order valence-corrected chi connectivity index (χ4v) is 2.67. The largest absolute Gasteiger partial charge is 0.371 e. The minimum absolute atomic E-state index is 0.127. The van der Waals surface area contributed by atoms with Crippen LogP contribution in [0.15, 0.2) is 12.1 Å². The number of hydrazine groups is 1. The van der Waals surface area contributed by atoms with Gasteiger partial charge >= 0.3 is 0 Å². The van der Waals surface area contributed by atoms with Crippen LogP contribution in [0.2, 0.25) is 0 Å². The highest BCUT2D eigenvalue weighted by Gasteiger charge is 2.26. The summed E-state index contributed by atoms with van der Waals surface area (Å²) in [6.45, 7) is 0. The van der Waals surface area contributed by atoms with E-state index < -0.39 is 17.5 Å². The summed E-state index contributed by atoms with van der Waals surface area (Å²) in [5.41, 5.74) is 0.112. The van der Waals surface area contributed by atoms with E-state index in [0.717, 1.165) is 37.8 Å². The maximum Gasteiger partial charge on any atom is 0.276 e. The van der Waals surface area contributed by atoms with Gasteiger partial charge in [-0.05, 0) is 18.9 Å². The van der Waals surface area contributed by atoms with E-state index in [1.54, 1.807) is 11.9 Å². The van der Waals surface area contributed by atoms with Gasteiger partial charge in [0.25, 0.3) is 5.91 Å². The summed E-state index contributed by atoms with van der Waals surface area (Å²) >= 11 is 0. The van der Waals surface area contributed by atoms with Crippen LogP contribution in [0.5, 0.6) is 0 Å². The Bertz CT molecular complexity index is 559. The summed E-state index contributed by atoms with van der Waals surface area (Å²) in [6, 6.07) is 1.91. The number of nitrogens with two attached hydrogens (primary N) is 1. The molecule has 2 N–H and O–H groups in total. The molecule has 0 aliphatic heterocycles. The van der Waals surface area contributed by atoms with Gasteiger partial charge < -0.3 is 4.90 Å². The molecule has 0 saturated heterocycles. The van der Waals surface area contributed by atoms with Crippen molar-refractivity contribution in [2.45, 2.75) is 31.7 Å². The number of hydrogen-bond acceptors (Lipinski definition) is 4. The molecule has 2 amide bonds. The monoisotopic (exact) mass is 297 g/mol. The smallest absolute Gasteiger partial charge is 0.276 e. The van der Waals surface area contributed by atoms with Crippen LogP contribution in [0.1, 0.15) is 36.0 Å². The molecule has 0 bridgehead atoms. The number of benzene rings is 1. The van der Waals surface area contributed by atoms with Crippen molar-refractivity contribution in [3.8, 4) is 0 Å². The number of nitrogens with zero attached hydrogens (tertiary/aromatic N) is 2. The van der Waals surface area contributed by atoms with Gasteiger partial charge in [-0.3, -0.25) is 9.59 Å². The average molecular weight is 297 g/mol. The molecule has 1 fully saturated rings. The molecule has 21 heavy (non-hydrogen) atoms. The van der Waals surface area contributed by atoms with Gasteiger partial charge in [0.15, 0.2) is 11.6 Å². The zero-order chi connectivity index (χ0) is 15.6. The SMILES string of the molecule is CN(c1cc(F)c(F)cc1C(=O)N(N)C=O)C1CCCC1. The molecule has 0 spiro atoms. The lowest BCUT2D eigenvalue weighted by Gasteiger charge is -2.28. The molecule has 1 aliphatic rings. The van der Waals surface area contributed by atoms with Crippen LogP contribution in [-0.4, -0.2) is 30.4 Å². The molecule has 1 aromatic rings. The Hall–Kier alpha value is -2.02. The molecule has 0 aromatic heterocycles. The normalized spacial score (nSPS) is 15.0. The first kappa shape index (κ1) is 15.4. The van der Waals surface area contributed by atoms with Crippen LogP contribution < -0.4 is 10.7 Å². The molecular formula is C14H17F2N3O2. The fraction of sp³-hybridized carbons (Fsp3) is 0.429. The van der Waals surface area contributed by atoms with Crippen molar-refractivity contribution in [2.24, 2.45) is 5.84 Å². The number of carbonyl (C=O) groups is 2. The predicted octanol–water partition coefficient (Wildman–Crippen LogP) is 1.82. The number of hydrogen-bond donors (Lipinski definition) is 1. The van der Waals surface area contributed by atoms with Crippen LogP contribution in [0.4, 0.5) is 14.5 Å². The van der Waals surface area contributed by atoms with E-state index in [4.69, 9.17) is 5.84 Å². The molecule has 2 rings (SSSR count). The summed E-state index contributed by atoms with van der Waals surface area (Å²) in [5, 5.41) is 0.318. The Kier molecular flexibility index (Phi) is 4.52. The lowest BCUT2D eigenvalue weighted by molar-refractivity contribution is -0.116. The number of carbonyl (C=O) groups excluding carboxylic acids is 2. The van der Waals surface area contributed by atoms with E-state index in [9.17, 15) is 18.4 Å². The number of halogens is 2. The summed E-state index contributed by atoms with van der Waals surface area (Å²) in [7, 11) is 1.72. The molecule has 1 aliphatic carbocycles. The van der Waals surface area contributed by atoms with E-state index in [1.807, 2.05) is 0 Å². The summed E-state index contributed by atoms with van der Waals surface area (Å²) in [4.78, 5) is 24.4. The number of rotatable bonds is 4. The van der Waals surface area contributed by atoms with Crippen molar-refractivity contribution < 1.29 is 18.4 Å². The van der Waals surface area contributed by atoms with Crippen molar-refractivity contribution in [1.29, 1.82) is 0 Å². The molecule has 0 radical (unpaired) electrons. The molecule has 5 nitrogen and oxygen atoms in total. The average Bonchev–Trinajstić information content (AvgIpc) is 3.01. The third kappa shape index (κ3) is 3.02. The van der Waals surface area contributed by atoms with Crippen molar-refractivity contribution in [1.82, 2.24) is 5.01 Å². The molecule has 7 heteroatoms. The van der Waals surface area contributed by atoms with E-state index in [1.165, 1.54) is 0 Å². The van der Waals surface area contributed by atoms with Crippen molar-refractivity contribution >= 4 is 18.0 Å². The zero-order valence-corrected chi connectivity index (χ0v) is 11.7. The van der Waals surface area contributed by atoms with Crippen molar-refractivity contribution in [3.63, 3.8) is 0 Å². The number of amides is 2. The summed E-state index contributed by atoms with van der Waals surface area (Å²) in [5.74, 6) is 2.18. The van der Waals surface area contributed by atoms with Crippen LogP contribution in [0.25, 0.3) is 0 Å². The van der Waals surface area contributed by atoms with E-state index in [2.05, 4.69) is 0 Å². The lowest BCUT2D eigenvalue weighted by Crippen LogP contribution is -2.38. The molecule has 114 valence electrons. The van der Waals surface area contributed by atoms with Gasteiger partial charge in [0.1, 0.15) is 0 Å². The number of imide groups is 1. The molecule has 0 atom stereocenters.